The standard InChI is InChI=1S/C18H22N2O4/c1-11(2)14-5-7-15(8-6-14)23-10-17(21)19-20-18(22)16-9-12(3)24-13(16)4/h5-9,11H,10H2,1-4H3,(H,19,21)(H,20,22). The molecule has 2 N–H and O–H groups in total. The maximum absolute atomic E-state index is 11.9. The van der Waals surface area contributed by atoms with E-state index < -0.39 is 11.8 Å². The number of benzene rings is 1. The predicted molar refractivity (Wildman–Crippen MR) is 89.8 cm³/mol. The average Bonchev–Trinajstić information content (AvgIpc) is 2.89. The van der Waals surface area contributed by atoms with E-state index in [0.29, 0.717) is 28.8 Å². The molecule has 1 aromatic carbocycles. The van der Waals surface area contributed by atoms with Gasteiger partial charge in [0.15, 0.2) is 6.61 Å². The van der Waals surface area contributed by atoms with Crippen LogP contribution in [0.2, 0.25) is 0 Å². The van der Waals surface area contributed by atoms with Gasteiger partial charge in [-0.3, -0.25) is 20.4 Å². The summed E-state index contributed by atoms with van der Waals surface area (Å²) in [5, 5.41) is 0. The topological polar surface area (TPSA) is 80.6 Å². The third-order valence-corrected chi connectivity index (χ3v) is 3.52. The molecule has 0 aliphatic carbocycles. The number of nitrogens with one attached hydrogen (secondary N) is 2. The van der Waals surface area contributed by atoms with Crippen molar-refractivity contribution in [1.29, 1.82) is 0 Å². The molecule has 128 valence electrons. The zero-order valence-electron chi connectivity index (χ0n) is 14.3. The van der Waals surface area contributed by atoms with E-state index in [1.54, 1.807) is 19.9 Å². The van der Waals surface area contributed by atoms with E-state index in [1.165, 1.54) is 5.56 Å². The second kappa shape index (κ2) is 7.68. The summed E-state index contributed by atoms with van der Waals surface area (Å²) in [6.45, 7) is 7.46. The van der Waals surface area contributed by atoms with Crippen LogP contribution in [0.1, 0.15) is 47.2 Å². The van der Waals surface area contributed by atoms with E-state index in [9.17, 15) is 9.59 Å². The molecular formula is C18H22N2O4. The van der Waals surface area contributed by atoms with Gasteiger partial charge in [0.25, 0.3) is 11.8 Å². The average molecular weight is 330 g/mol. The summed E-state index contributed by atoms with van der Waals surface area (Å²) in [6.07, 6.45) is 0. The van der Waals surface area contributed by atoms with Crippen molar-refractivity contribution < 1.29 is 18.7 Å². The molecule has 0 saturated carbocycles. The van der Waals surface area contributed by atoms with Gasteiger partial charge in [-0.1, -0.05) is 26.0 Å². The Morgan fingerprint density at radius 2 is 1.79 bits per heavy atom. The van der Waals surface area contributed by atoms with E-state index in [1.807, 2.05) is 24.3 Å². The minimum absolute atomic E-state index is 0.190. The van der Waals surface area contributed by atoms with Crippen molar-refractivity contribution in [2.24, 2.45) is 0 Å². The summed E-state index contributed by atoms with van der Waals surface area (Å²) in [6, 6.07) is 9.18. The quantitative estimate of drug-likeness (QED) is 0.826. The largest absolute Gasteiger partial charge is 0.484 e. The maximum Gasteiger partial charge on any atom is 0.276 e. The number of carbonyl (C=O) groups is 2. The monoisotopic (exact) mass is 330 g/mol. The van der Waals surface area contributed by atoms with E-state index in [0.717, 1.165) is 0 Å². The highest BCUT2D eigenvalue weighted by Crippen LogP contribution is 2.18. The van der Waals surface area contributed by atoms with Gasteiger partial charge in [0.1, 0.15) is 17.3 Å². The second-order valence-corrected chi connectivity index (χ2v) is 5.84. The van der Waals surface area contributed by atoms with Crippen LogP contribution in [-0.4, -0.2) is 18.4 Å². The van der Waals surface area contributed by atoms with Crippen molar-refractivity contribution in [2.75, 3.05) is 6.61 Å². The fourth-order valence-electron chi connectivity index (χ4n) is 2.18. The van der Waals surface area contributed by atoms with E-state index in [-0.39, 0.29) is 6.61 Å². The minimum atomic E-state index is -0.450. The number of hydrazine groups is 1. The summed E-state index contributed by atoms with van der Waals surface area (Å²) >= 11 is 0. The zero-order chi connectivity index (χ0) is 17.7. The highest BCUT2D eigenvalue weighted by molar-refractivity contribution is 5.96. The number of aryl methyl sites for hydroxylation is 2. The van der Waals surface area contributed by atoms with Crippen LogP contribution in [0.15, 0.2) is 34.7 Å². The van der Waals surface area contributed by atoms with Gasteiger partial charge in [0.05, 0.1) is 5.56 Å². The molecule has 2 amide bonds. The molecule has 0 fully saturated rings. The van der Waals surface area contributed by atoms with Crippen LogP contribution in [0.3, 0.4) is 0 Å². The maximum atomic E-state index is 11.9. The minimum Gasteiger partial charge on any atom is -0.484 e. The Hall–Kier alpha value is -2.76. The summed E-state index contributed by atoms with van der Waals surface area (Å²) in [4.78, 5) is 23.7. The first-order chi connectivity index (χ1) is 11.4. The summed E-state index contributed by atoms with van der Waals surface area (Å²) < 4.78 is 10.7. The predicted octanol–water partition coefficient (Wildman–Crippen LogP) is 2.86. The van der Waals surface area contributed by atoms with Crippen LogP contribution in [0.4, 0.5) is 0 Å². The van der Waals surface area contributed by atoms with Gasteiger partial charge in [0.2, 0.25) is 0 Å². The number of hydrogen-bond donors (Lipinski definition) is 2. The number of amides is 2. The van der Waals surface area contributed by atoms with Crippen LogP contribution in [0.5, 0.6) is 5.75 Å². The molecule has 0 aliphatic heterocycles. The van der Waals surface area contributed by atoms with Gasteiger partial charge < -0.3 is 9.15 Å². The van der Waals surface area contributed by atoms with Crippen LogP contribution in [0, 0.1) is 13.8 Å². The molecular weight excluding hydrogens is 308 g/mol. The van der Waals surface area contributed by atoms with Gasteiger partial charge in [-0.15, -0.1) is 0 Å². The van der Waals surface area contributed by atoms with Crippen LogP contribution >= 0.6 is 0 Å². The first-order valence-corrected chi connectivity index (χ1v) is 7.75. The number of rotatable bonds is 5. The molecule has 6 nitrogen and oxygen atoms in total. The number of hydrogen-bond acceptors (Lipinski definition) is 4. The molecule has 0 bridgehead atoms. The molecule has 1 aromatic heterocycles. The van der Waals surface area contributed by atoms with Crippen LogP contribution < -0.4 is 15.6 Å². The lowest BCUT2D eigenvalue weighted by atomic mass is 10.0. The van der Waals surface area contributed by atoms with Crippen LogP contribution in [0.25, 0.3) is 0 Å². The Balaban J connectivity index is 1.79. The Morgan fingerprint density at radius 1 is 1.12 bits per heavy atom. The highest BCUT2D eigenvalue weighted by atomic mass is 16.5. The van der Waals surface area contributed by atoms with Crippen molar-refractivity contribution in [3.8, 4) is 5.75 Å². The van der Waals surface area contributed by atoms with Gasteiger partial charge in [-0.2, -0.15) is 0 Å². The molecule has 0 saturated heterocycles. The van der Waals surface area contributed by atoms with Gasteiger partial charge in [-0.05, 0) is 43.5 Å². The Kier molecular flexibility index (Phi) is 5.63. The first-order valence-electron chi connectivity index (χ1n) is 7.75. The van der Waals surface area contributed by atoms with Gasteiger partial charge in [-0.25, -0.2) is 0 Å². The zero-order valence-corrected chi connectivity index (χ0v) is 14.3. The van der Waals surface area contributed by atoms with Crippen LogP contribution in [-0.2, 0) is 4.79 Å². The SMILES string of the molecule is Cc1cc(C(=O)NNC(=O)COc2ccc(C(C)C)cc2)c(C)o1. The van der Waals surface area contributed by atoms with E-state index in [2.05, 4.69) is 24.7 Å². The van der Waals surface area contributed by atoms with Crippen molar-refractivity contribution >= 4 is 11.8 Å². The molecule has 0 unspecified atom stereocenters. The molecule has 24 heavy (non-hydrogen) atoms. The van der Waals surface area contributed by atoms with Crippen molar-refractivity contribution in [1.82, 2.24) is 10.9 Å². The lowest BCUT2D eigenvalue weighted by Crippen LogP contribution is -2.43. The molecule has 0 spiro atoms. The van der Waals surface area contributed by atoms with E-state index >= 15 is 0 Å². The summed E-state index contributed by atoms with van der Waals surface area (Å²) in [5.74, 6) is 1.29. The third-order valence-electron chi connectivity index (χ3n) is 3.52. The Morgan fingerprint density at radius 3 is 2.33 bits per heavy atom. The number of carbonyl (C=O) groups excluding carboxylic acids is 2. The van der Waals surface area contributed by atoms with Gasteiger partial charge in [0, 0.05) is 0 Å². The Labute approximate surface area is 141 Å². The first kappa shape index (κ1) is 17.6. The molecule has 2 rings (SSSR count). The lowest BCUT2D eigenvalue weighted by molar-refractivity contribution is -0.123. The molecule has 1 heterocycles. The molecule has 0 atom stereocenters. The lowest BCUT2D eigenvalue weighted by Gasteiger charge is -2.10. The van der Waals surface area contributed by atoms with Gasteiger partial charge >= 0.3 is 0 Å². The Bertz CT molecular complexity index is 717. The number of furan rings is 1. The molecule has 2 aromatic rings. The second-order valence-electron chi connectivity index (χ2n) is 5.84. The smallest absolute Gasteiger partial charge is 0.276 e. The summed E-state index contributed by atoms with van der Waals surface area (Å²) in [5.41, 5.74) is 6.23. The molecule has 0 radical (unpaired) electrons. The normalized spacial score (nSPS) is 10.5. The fraction of sp³-hybridized carbons (Fsp3) is 0.333. The van der Waals surface area contributed by atoms with Crippen molar-refractivity contribution in [2.45, 2.75) is 33.6 Å². The van der Waals surface area contributed by atoms with Crippen molar-refractivity contribution in [3.63, 3.8) is 0 Å². The molecule has 0 aliphatic rings. The fourth-order valence-corrected chi connectivity index (χ4v) is 2.18. The van der Waals surface area contributed by atoms with E-state index in [4.69, 9.17) is 9.15 Å². The third kappa shape index (κ3) is 4.62. The summed E-state index contributed by atoms with van der Waals surface area (Å²) in [7, 11) is 0. The number of ether oxygens (including phenoxy) is 1. The van der Waals surface area contributed by atoms with Crippen molar-refractivity contribution in [3.05, 3.63) is 53.0 Å². The highest BCUT2D eigenvalue weighted by Gasteiger charge is 2.14. The molecule has 6 heteroatoms.